The van der Waals surface area contributed by atoms with E-state index in [-0.39, 0.29) is 23.5 Å². The average molecular weight is 283 g/mol. The molecule has 19 heavy (non-hydrogen) atoms. The molecule has 0 aliphatic carbocycles. The Balaban J connectivity index is 2.78. The van der Waals surface area contributed by atoms with Gasteiger partial charge in [0.1, 0.15) is 11.9 Å². The quantitative estimate of drug-likeness (QED) is 0.370. The fraction of sp³-hybridized carbons (Fsp3) is 0.300. The third-order valence-electron chi connectivity index (χ3n) is 2.16. The second-order valence-corrected chi connectivity index (χ2v) is 5.23. The summed E-state index contributed by atoms with van der Waals surface area (Å²) in [5.41, 5.74) is 7.70. The Kier molecular flexibility index (Phi) is 5.26. The highest BCUT2D eigenvalue weighted by Crippen LogP contribution is 2.14. The lowest BCUT2D eigenvalue weighted by molar-refractivity contribution is 0.578. The molecular formula is C10H10FN5O2S. The van der Waals surface area contributed by atoms with Gasteiger partial charge >= 0.3 is 0 Å². The monoisotopic (exact) mass is 283 g/mol. The van der Waals surface area contributed by atoms with Gasteiger partial charge in [0.25, 0.3) is 0 Å². The maximum absolute atomic E-state index is 13.1. The minimum atomic E-state index is -3.80. The number of hydrogen-bond acceptors (Lipinski definition) is 4. The van der Waals surface area contributed by atoms with Crippen LogP contribution in [0, 0.1) is 17.1 Å². The van der Waals surface area contributed by atoms with Crippen molar-refractivity contribution in [3.05, 3.63) is 40.0 Å². The van der Waals surface area contributed by atoms with Crippen molar-refractivity contribution >= 4 is 10.0 Å². The summed E-state index contributed by atoms with van der Waals surface area (Å²) < 4.78 is 38.9. The molecule has 0 radical (unpaired) electrons. The molecular weight excluding hydrogens is 273 g/mol. The largest absolute Gasteiger partial charge is 0.240 e. The van der Waals surface area contributed by atoms with E-state index in [2.05, 4.69) is 14.7 Å². The zero-order valence-corrected chi connectivity index (χ0v) is 10.6. The van der Waals surface area contributed by atoms with E-state index < -0.39 is 15.8 Å². The molecule has 0 bridgehead atoms. The molecule has 1 aromatic rings. The molecule has 1 aromatic carbocycles. The van der Waals surface area contributed by atoms with Crippen LogP contribution in [0.3, 0.4) is 0 Å². The molecule has 9 heteroatoms. The van der Waals surface area contributed by atoms with Crippen LogP contribution in [0.4, 0.5) is 4.39 Å². The maximum atomic E-state index is 13.1. The maximum Gasteiger partial charge on any atom is 0.240 e. The summed E-state index contributed by atoms with van der Waals surface area (Å²) in [5, 5.41) is 11.9. The fourth-order valence-corrected chi connectivity index (χ4v) is 2.34. The van der Waals surface area contributed by atoms with E-state index in [0.717, 1.165) is 18.2 Å². The van der Waals surface area contributed by atoms with Crippen LogP contribution < -0.4 is 4.72 Å². The molecule has 0 heterocycles. The Labute approximate surface area is 109 Å². The van der Waals surface area contributed by atoms with Gasteiger partial charge < -0.3 is 0 Å². The Morgan fingerprint density at radius 1 is 1.53 bits per heavy atom. The van der Waals surface area contributed by atoms with Crippen molar-refractivity contribution < 1.29 is 12.8 Å². The third kappa shape index (κ3) is 4.22. The molecule has 0 saturated heterocycles. The number of halogens is 1. The summed E-state index contributed by atoms with van der Waals surface area (Å²) >= 11 is 0. The van der Waals surface area contributed by atoms with Crippen molar-refractivity contribution in [3.63, 3.8) is 0 Å². The third-order valence-corrected chi connectivity index (χ3v) is 3.62. The van der Waals surface area contributed by atoms with Crippen molar-refractivity contribution in [2.24, 2.45) is 5.11 Å². The predicted molar refractivity (Wildman–Crippen MR) is 64.9 cm³/mol. The number of nitrogens with zero attached hydrogens (tertiary/aromatic N) is 4. The lowest BCUT2D eigenvalue weighted by Gasteiger charge is -2.06. The number of azide groups is 1. The zero-order valence-electron chi connectivity index (χ0n) is 9.74. The van der Waals surface area contributed by atoms with Gasteiger partial charge in [-0.3, -0.25) is 0 Å². The summed E-state index contributed by atoms with van der Waals surface area (Å²) in [6, 6.07) is 4.53. The average Bonchev–Trinajstić information content (AvgIpc) is 2.38. The van der Waals surface area contributed by atoms with E-state index >= 15 is 0 Å². The minimum Gasteiger partial charge on any atom is -0.211 e. The van der Waals surface area contributed by atoms with Gasteiger partial charge in [0.2, 0.25) is 10.0 Å². The SMILES string of the molecule is N#Cc1cc(S(=O)(=O)NCCCN=[N+]=[N-])ccc1F. The van der Waals surface area contributed by atoms with Crippen LogP contribution in [0.25, 0.3) is 10.4 Å². The molecule has 0 aliphatic rings. The van der Waals surface area contributed by atoms with Gasteiger partial charge in [-0.1, -0.05) is 5.11 Å². The first-order valence-electron chi connectivity index (χ1n) is 5.21. The summed E-state index contributed by atoms with van der Waals surface area (Å²) in [6.45, 7) is 0.256. The van der Waals surface area contributed by atoms with Crippen LogP contribution >= 0.6 is 0 Å². The first-order chi connectivity index (χ1) is 9.01. The van der Waals surface area contributed by atoms with Crippen LogP contribution in [-0.4, -0.2) is 21.5 Å². The van der Waals surface area contributed by atoms with E-state index in [1.54, 1.807) is 6.07 Å². The molecule has 1 N–H and O–H groups in total. The highest BCUT2D eigenvalue weighted by Gasteiger charge is 2.15. The van der Waals surface area contributed by atoms with Gasteiger partial charge in [-0.2, -0.15) is 5.26 Å². The lowest BCUT2D eigenvalue weighted by atomic mass is 10.2. The normalized spacial score (nSPS) is 10.5. The minimum absolute atomic E-state index is 0.0839. The Bertz CT molecular complexity index is 646. The molecule has 100 valence electrons. The first kappa shape index (κ1) is 14.9. The van der Waals surface area contributed by atoms with Gasteiger partial charge in [0.15, 0.2) is 0 Å². The summed E-state index contributed by atoms with van der Waals surface area (Å²) in [5.74, 6) is -0.773. The van der Waals surface area contributed by atoms with Crippen molar-refractivity contribution in [2.75, 3.05) is 13.1 Å². The van der Waals surface area contributed by atoms with Gasteiger partial charge in [0.05, 0.1) is 10.5 Å². The smallest absolute Gasteiger partial charge is 0.211 e. The predicted octanol–water partition coefficient (Wildman–Crippen LogP) is 1.68. The molecule has 1 rings (SSSR count). The number of sulfonamides is 1. The van der Waals surface area contributed by atoms with E-state index in [1.165, 1.54) is 0 Å². The topological polar surface area (TPSA) is 119 Å². The van der Waals surface area contributed by atoms with Crippen molar-refractivity contribution in [3.8, 4) is 6.07 Å². The van der Waals surface area contributed by atoms with Crippen molar-refractivity contribution in [1.29, 1.82) is 5.26 Å². The van der Waals surface area contributed by atoms with Crippen LogP contribution in [0.1, 0.15) is 12.0 Å². The summed E-state index contributed by atoms with van der Waals surface area (Å²) in [6.07, 6.45) is 0.343. The second-order valence-electron chi connectivity index (χ2n) is 3.46. The number of hydrogen-bond donors (Lipinski definition) is 1. The Hall–Kier alpha value is -2.14. The zero-order chi connectivity index (χ0) is 14.3. The van der Waals surface area contributed by atoms with Crippen molar-refractivity contribution in [2.45, 2.75) is 11.3 Å². The number of benzene rings is 1. The lowest BCUT2D eigenvalue weighted by Crippen LogP contribution is -2.25. The summed E-state index contributed by atoms with van der Waals surface area (Å²) in [4.78, 5) is 2.34. The van der Waals surface area contributed by atoms with E-state index in [9.17, 15) is 12.8 Å². The van der Waals surface area contributed by atoms with E-state index in [4.69, 9.17) is 10.8 Å². The molecule has 0 aliphatic heterocycles. The van der Waals surface area contributed by atoms with Crippen LogP contribution in [-0.2, 0) is 10.0 Å². The van der Waals surface area contributed by atoms with Gasteiger partial charge in [-0.05, 0) is 30.2 Å². The number of nitriles is 1. The van der Waals surface area contributed by atoms with E-state index in [1.807, 2.05) is 0 Å². The highest BCUT2D eigenvalue weighted by atomic mass is 32.2. The molecule has 0 unspecified atom stereocenters. The van der Waals surface area contributed by atoms with Gasteiger partial charge in [-0.25, -0.2) is 17.5 Å². The van der Waals surface area contributed by atoms with Crippen LogP contribution in [0.5, 0.6) is 0 Å². The molecule has 0 atom stereocenters. The first-order valence-corrected chi connectivity index (χ1v) is 6.70. The molecule has 7 nitrogen and oxygen atoms in total. The molecule has 0 saturated carbocycles. The van der Waals surface area contributed by atoms with Gasteiger partial charge in [0, 0.05) is 18.0 Å². The molecule has 0 aromatic heterocycles. The standard InChI is InChI=1S/C10H10FN5O2S/c11-10-3-2-9(6-8(10)7-12)19(17,18)15-5-1-4-14-16-13/h2-3,6,15H,1,4-5H2. The van der Waals surface area contributed by atoms with E-state index in [0.29, 0.717) is 6.42 Å². The summed E-state index contributed by atoms with van der Waals surface area (Å²) in [7, 11) is -3.80. The van der Waals surface area contributed by atoms with Crippen molar-refractivity contribution in [1.82, 2.24) is 4.72 Å². The van der Waals surface area contributed by atoms with Gasteiger partial charge in [-0.15, -0.1) is 0 Å². The number of rotatable bonds is 6. The highest BCUT2D eigenvalue weighted by molar-refractivity contribution is 7.89. The molecule has 0 fully saturated rings. The fourth-order valence-electron chi connectivity index (χ4n) is 1.24. The molecule has 0 amide bonds. The van der Waals surface area contributed by atoms with Crippen LogP contribution in [0.2, 0.25) is 0 Å². The number of nitrogens with one attached hydrogen (secondary N) is 1. The Morgan fingerprint density at radius 2 is 2.26 bits per heavy atom. The second kappa shape index (κ2) is 6.70. The van der Waals surface area contributed by atoms with Crippen LogP contribution in [0.15, 0.2) is 28.2 Å². The molecule has 0 spiro atoms. The Morgan fingerprint density at radius 3 is 2.89 bits per heavy atom.